The van der Waals surface area contributed by atoms with Crippen LogP contribution in [0.25, 0.3) is 0 Å². The molecule has 1 aromatic carbocycles. The second kappa shape index (κ2) is 6.39. The van der Waals surface area contributed by atoms with Crippen molar-refractivity contribution in [3.05, 3.63) is 34.4 Å². The zero-order chi connectivity index (χ0) is 17.5. The van der Waals surface area contributed by atoms with Gasteiger partial charge in [-0.2, -0.15) is 13.2 Å². The highest BCUT2D eigenvalue weighted by atomic mass is 19.4. The van der Waals surface area contributed by atoms with Crippen LogP contribution in [0.2, 0.25) is 0 Å². The lowest BCUT2D eigenvalue weighted by molar-refractivity contribution is -0.138. The second-order valence-electron chi connectivity index (χ2n) is 7.03. The molecule has 3 rings (SSSR count). The molecule has 1 fully saturated rings. The Morgan fingerprint density at radius 1 is 1.12 bits per heavy atom. The molecule has 3 nitrogen and oxygen atoms in total. The molecule has 0 N–H and O–H groups in total. The van der Waals surface area contributed by atoms with Gasteiger partial charge in [-0.1, -0.05) is 6.42 Å². The summed E-state index contributed by atoms with van der Waals surface area (Å²) in [4.78, 5) is 16.2. The van der Waals surface area contributed by atoms with E-state index in [2.05, 4.69) is 4.90 Å². The topological polar surface area (TPSA) is 23.6 Å². The van der Waals surface area contributed by atoms with Gasteiger partial charge in [-0.05, 0) is 63.0 Å². The van der Waals surface area contributed by atoms with E-state index in [9.17, 15) is 18.0 Å². The van der Waals surface area contributed by atoms with E-state index >= 15 is 0 Å². The third kappa shape index (κ3) is 3.29. The average Bonchev–Trinajstić information content (AvgIpc) is 2.84. The summed E-state index contributed by atoms with van der Waals surface area (Å²) in [6.45, 7) is 5.99. The minimum absolute atomic E-state index is 0.0463. The summed E-state index contributed by atoms with van der Waals surface area (Å²) in [5, 5.41) is 0. The SMILES string of the molecule is CC(C)N1Cc2c(cc(CN3CCCCC3)cc2C(F)(F)F)C1=O. The summed E-state index contributed by atoms with van der Waals surface area (Å²) >= 11 is 0. The number of hydrogen-bond donors (Lipinski definition) is 0. The van der Waals surface area contributed by atoms with E-state index in [1.54, 1.807) is 6.07 Å². The third-order valence-corrected chi connectivity index (χ3v) is 4.91. The Morgan fingerprint density at radius 2 is 1.79 bits per heavy atom. The fourth-order valence-electron chi connectivity index (χ4n) is 3.63. The maximum Gasteiger partial charge on any atom is 0.416 e. The van der Waals surface area contributed by atoms with Crippen LogP contribution in [0.1, 0.15) is 60.2 Å². The molecule has 6 heteroatoms. The van der Waals surface area contributed by atoms with Crippen molar-refractivity contribution in [2.45, 2.75) is 58.4 Å². The molecule has 24 heavy (non-hydrogen) atoms. The van der Waals surface area contributed by atoms with E-state index in [4.69, 9.17) is 0 Å². The van der Waals surface area contributed by atoms with Gasteiger partial charge in [0.05, 0.1) is 5.56 Å². The fraction of sp³-hybridized carbons (Fsp3) is 0.611. The minimum atomic E-state index is -4.44. The Morgan fingerprint density at radius 3 is 2.38 bits per heavy atom. The molecule has 0 unspecified atom stereocenters. The van der Waals surface area contributed by atoms with E-state index in [1.807, 2.05) is 13.8 Å². The largest absolute Gasteiger partial charge is 0.416 e. The van der Waals surface area contributed by atoms with Gasteiger partial charge in [0.25, 0.3) is 5.91 Å². The number of carbonyl (C=O) groups excluding carboxylic acids is 1. The lowest BCUT2D eigenvalue weighted by atomic mass is 9.98. The lowest BCUT2D eigenvalue weighted by Gasteiger charge is -2.27. The molecule has 0 spiro atoms. The van der Waals surface area contributed by atoms with E-state index in [1.165, 1.54) is 17.4 Å². The lowest BCUT2D eigenvalue weighted by Crippen LogP contribution is -2.31. The van der Waals surface area contributed by atoms with Crippen LogP contribution in [0.15, 0.2) is 12.1 Å². The van der Waals surface area contributed by atoms with Gasteiger partial charge < -0.3 is 4.90 Å². The summed E-state index contributed by atoms with van der Waals surface area (Å²) in [5.41, 5.74) is 0.291. The van der Waals surface area contributed by atoms with Crippen molar-refractivity contribution >= 4 is 5.91 Å². The van der Waals surface area contributed by atoms with Gasteiger partial charge >= 0.3 is 6.18 Å². The van der Waals surface area contributed by atoms with Gasteiger partial charge in [0.15, 0.2) is 0 Å². The average molecular weight is 340 g/mol. The highest BCUT2D eigenvalue weighted by molar-refractivity contribution is 5.99. The zero-order valence-electron chi connectivity index (χ0n) is 14.1. The monoisotopic (exact) mass is 340 g/mol. The Bertz CT molecular complexity index is 634. The molecule has 1 amide bonds. The number of amides is 1. The standard InChI is InChI=1S/C18H23F3N2O/c1-12(2)23-11-15-14(17(23)24)8-13(9-16(15)18(19,20)21)10-22-6-4-3-5-7-22/h8-9,12H,3-7,10-11H2,1-2H3. The predicted molar refractivity (Wildman–Crippen MR) is 85.6 cm³/mol. The Labute approximate surface area is 140 Å². The Hall–Kier alpha value is -1.56. The summed E-state index contributed by atoms with van der Waals surface area (Å²) in [7, 11) is 0. The molecule has 0 atom stereocenters. The van der Waals surface area contributed by atoms with Crippen molar-refractivity contribution in [3.8, 4) is 0 Å². The Kier molecular flexibility index (Phi) is 4.60. The van der Waals surface area contributed by atoms with Crippen molar-refractivity contribution in [2.24, 2.45) is 0 Å². The molecule has 0 bridgehead atoms. The van der Waals surface area contributed by atoms with Crippen molar-refractivity contribution in [1.82, 2.24) is 9.80 Å². The fourth-order valence-corrected chi connectivity index (χ4v) is 3.63. The molecular formula is C18H23F3N2O. The van der Waals surface area contributed by atoms with E-state index < -0.39 is 11.7 Å². The van der Waals surface area contributed by atoms with Crippen LogP contribution in [0.4, 0.5) is 13.2 Å². The number of benzene rings is 1. The maximum atomic E-state index is 13.5. The van der Waals surface area contributed by atoms with E-state index in [0.29, 0.717) is 12.1 Å². The zero-order valence-corrected chi connectivity index (χ0v) is 14.1. The summed E-state index contributed by atoms with van der Waals surface area (Å²) in [6, 6.07) is 2.80. The smallest absolute Gasteiger partial charge is 0.332 e. The number of piperidine rings is 1. The molecule has 2 heterocycles. The molecule has 1 saturated heterocycles. The number of hydrogen-bond acceptors (Lipinski definition) is 2. The first-order valence-electron chi connectivity index (χ1n) is 8.53. The summed E-state index contributed by atoms with van der Waals surface area (Å²) < 4.78 is 40.5. The van der Waals surface area contributed by atoms with Crippen LogP contribution >= 0.6 is 0 Å². The molecule has 1 aromatic rings. The van der Waals surface area contributed by atoms with Crippen molar-refractivity contribution in [3.63, 3.8) is 0 Å². The van der Waals surface area contributed by atoms with Crippen LogP contribution < -0.4 is 0 Å². The molecule has 0 aromatic heterocycles. The third-order valence-electron chi connectivity index (χ3n) is 4.91. The van der Waals surface area contributed by atoms with Gasteiger partial charge in [-0.15, -0.1) is 0 Å². The normalized spacial score (nSPS) is 19.2. The number of halogens is 3. The van der Waals surface area contributed by atoms with Crippen molar-refractivity contribution in [2.75, 3.05) is 13.1 Å². The van der Waals surface area contributed by atoms with Gasteiger partial charge in [-0.3, -0.25) is 9.69 Å². The van der Waals surface area contributed by atoms with E-state index in [0.717, 1.165) is 25.9 Å². The van der Waals surface area contributed by atoms with Crippen LogP contribution in [0.5, 0.6) is 0 Å². The molecule has 2 aliphatic rings. The molecule has 0 radical (unpaired) electrons. The van der Waals surface area contributed by atoms with Crippen LogP contribution in [0, 0.1) is 0 Å². The summed E-state index contributed by atoms with van der Waals surface area (Å²) in [6.07, 6.45) is -1.10. The molecule has 2 aliphatic heterocycles. The first kappa shape index (κ1) is 17.3. The van der Waals surface area contributed by atoms with Crippen LogP contribution in [0.3, 0.4) is 0 Å². The van der Waals surface area contributed by atoms with Gasteiger partial charge in [0.1, 0.15) is 0 Å². The molecule has 132 valence electrons. The van der Waals surface area contributed by atoms with Crippen molar-refractivity contribution < 1.29 is 18.0 Å². The quantitative estimate of drug-likeness (QED) is 0.829. The molecular weight excluding hydrogens is 317 g/mol. The first-order valence-corrected chi connectivity index (χ1v) is 8.53. The Balaban J connectivity index is 1.97. The number of carbonyl (C=O) groups is 1. The van der Waals surface area contributed by atoms with E-state index in [-0.39, 0.29) is 29.6 Å². The molecule has 0 saturated carbocycles. The number of alkyl halides is 3. The number of likely N-dealkylation sites (tertiary alicyclic amines) is 1. The number of rotatable bonds is 3. The van der Waals surface area contributed by atoms with Crippen molar-refractivity contribution in [1.29, 1.82) is 0 Å². The van der Waals surface area contributed by atoms with Crippen LogP contribution in [-0.4, -0.2) is 34.8 Å². The predicted octanol–water partition coefficient (Wildman–Crippen LogP) is 4.06. The summed E-state index contributed by atoms with van der Waals surface area (Å²) in [5.74, 6) is -0.286. The number of nitrogens with zero attached hydrogens (tertiary/aromatic N) is 2. The van der Waals surface area contributed by atoms with Gasteiger partial charge in [0, 0.05) is 24.7 Å². The van der Waals surface area contributed by atoms with Gasteiger partial charge in [-0.25, -0.2) is 0 Å². The van der Waals surface area contributed by atoms with Crippen LogP contribution in [-0.2, 0) is 19.3 Å². The minimum Gasteiger partial charge on any atom is -0.332 e. The second-order valence-corrected chi connectivity index (χ2v) is 7.03. The first-order chi connectivity index (χ1) is 11.3. The highest BCUT2D eigenvalue weighted by Gasteiger charge is 2.40. The maximum absolute atomic E-state index is 13.5. The van der Waals surface area contributed by atoms with Gasteiger partial charge in [0.2, 0.25) is 0 Å². The molecule has 0 aliphatic carbocycles. The highest BCUT2D eigenvalue weighted by Crippen LogP contribution is 2.38. The number of fused-ring (bicyclic) bond motifs is 1.